The van der Waals surface area contributed by atoms with Crippen LogP contribution in [0.2, 0.25) is 0 Å². The van der Waals surface area contributed by atoms with E-state index < -0.39 is 17.5 Å². The highest BCUT2D eigenvalue weighted by atomic mass is 19.3. The maximum Gasteiger partial charge on any atom is 0.380 e. The molecule has 1 aliphatic carbocycles. The fourth-order valence-corrected chi connectivity index (χ4v) is 2.89. The van der Waals surface area contributed by atoms with Gasteiger partial charge in [0.05, 0.1) is 6.61 Å². The van der Waals surface area contributed by atoms with Crippen LogP contribution in [-0.2, 0) is 9.53 Å². The third kappa shape index (κ3) is 3.13. The van der Waals surface area contributed by atoms with Gasteiger partial charge < -0.3 is 9.84 Å². The Bertz CT molecular complexity index is 345. The van der Waals surface area contributed by atoms with Crippen molar-refractivity contribution in [2.75, 3.05) is 6.61 Å². The van der Waals surface area contributed by atoms with Gasteiger partial charge in [0, 0.05) is 0 Å². The van der Waals surface area contributed by atoms with Crippen LogP contribution in [0.4, 0.5) is 8.78 Å². The van der Waals surface area contributed by atoms with E-state index in [4.69, 9.17) is 0 Å². The van der Waals surface area contributed by atoms with E-state index in [1.165, 1.54) is 6.92 Å². The van der Waals surface area contributed by atoms with E-state index >= 15 is 0 Å². The van der Waals surface area contributed by atoms with Crippen molar-refractivity contribution in [3.63, 3.8) is 0 Å². The molecular weight excluding hydrogens is 266 g/mol. The topological polar surface area (TPSA) is 46.5 Å². The second-order valence-electron chi connectivity index (χ2n) is 6.44. The molecule has 5 heteroatoms. The zero-order valence-electron chi connectivity index (χ0n) is 12.8. The molecule has 0 saturated heterocycles. The average Bonchev–Trinajstić information content (AvgIpc) is 2.39. The minimum Gasteiger partial charge on any atom is -0.461 e. The molecule has 1 aliphatic rings. The van der Waals surface area contributed by atoms with Crippen molar-refractivity contribution in [1.82, 2.24) is 0 Å². The zero-order valence-corrected chi connectivity index (χ0v) is 12.8. The van der Waals surface area contributed by atoms with Gasteiger partial charge in [0.1, 0.15) is 5.60 Å². The maximum atomic E-state index is 14.1. The van der Waals surface area contributed by atoms with Crippen molar-refractivity contribution in [3.05, 3.63) is 0 Å². The molecule has 0 atom stereocenters. The van der Waals surface area contributed by atoms with E-state index in [-0.39, 0.29) is 24.9 Å². The highest BCUT2D eigenvalue weighted by molar-refractivity contribution is 5.79. The molecule has 0 aromatic rings. The maximum absolute atomic E-state index is 14.1. The van der Waals surface area contributed by atoms with E-state index in [2.05, 4.69) is 25.5 Å². The quantitative estimate of drug-likeness (QED) is 0.788. The lowest BCUT2D eigenvalue weighted by Crippen LogP contribution is -2.56. The van der Waals surface area contributed by atoms with Crippen molar-refractivity contribution in [1.29, 1.82) is 0 Å². The smallest absolute Gasteiger partial charge is 0.380 e. The van der Waals surface area contributed by atoms with Crippen LogP contribution >= 0.6 is 0 Å². The Balaban J connectivity index is 2.77. The van der Waals surface area contributed by atoms with Crippen molar-refractivity contribution in [2.24, 2.45) is 11.3 Å². The molecular formula is C15H26F2O3. The molecule has 1 rings (SSSR count). The van der Waals surface area contributed by atoms with Crippen LogP contribution in [0.1, 0.15) is 59.8 Å². The van der Waals surface area contributed by atoms with Gasteiger partial charge in [-0.25, -0.2) is 4.79 Å². The number of hydrogen-bond acceptors (Lipinski definition) is 3. The number of ether oxygens (including phenoxy) is 1. The van der Waals surface area contributed by atoms with Crippen molar-refractivity contribution in [2.45, 2.75) is 71.3 Å². The minimum atomic E-state index is -3.83. The van der Waals surface area contributed by atoms with E-state index in [9.17, 15) is 18.7 Å². The monoisotopic (exact) mass is 292 g/mol. The third-order valence-electron chi connectivity index (χ3n) is 4.95. The van der Waals surface area contributed by atoms with Crippen LogP contribution in [0.5, 0.6) is 0 Å². The van der Waals surface area contributed by atoms with Crippen molar-refractivity contribution in [3.8, 4) is 0 Å². The molecule has 0 spiro atoms. The van der Waals surface area contributed by atoms with Gasteiger partial charge in [-0.15, -0.1) is 0 Å². The van der Waals surface area contributed by atoms with Crippen LogP contribution in [0.25, 0.3) is 0 Å². The lowest BCUT2D eigenvalue weighted by Gasteiger charge is -2.44. The Hall–Kier alpha value is -0.710. The molecule has 0 unspecified atom stereocenters. The van der Waals surface area contributed by atoms with E-state index in [0.29, 0.717) is 18.8 Å². The predicted octanol–water partition coefficient (Wildman–Crippen LogP) is 3.54. The molecule has 0 radical (unpaired) electrons. The number of hydrogen-bond donors (Lipinski definition) is 1. The van der Waals surface area contributed by atoms with Gasteiger partial charge in [0.15, 0.2) is 0 Å². The Morgan fingerprint density at radius 2 is 1.80 bits per heavy atom. The highest BCUT2D eigenvalue weighted by Crippen LogP contribution is 2.48. The SMILES string of the molecule is CCOC(=O)C(F)(F)C1(O)CCC(C(C)(C)CC)CC1. The van der Waals surface area contributed by atoms with Crippen LogP contribution in [0.3, 0.4) is 0 Å². The second kappa shape index (κ2) is 5.96. The molecule has 1 saturated carbocycles. The largest absolute Gasteiger partial charge is 0.461 e. The molecule has 20 heavy (non-hydrogen) atoms. The van der Waals surface area contributed by atoms with Crippen molar-refractivity contribution >= 4 is 5.97 Å². The zero-order chi connectivity index (χ0) is 15.6. The summed E-state index contributed by atoms with van der Waals surface area (Å²) >= 11 is 0. The molecule has 0 bridgehead atoms. The molecule has 0 aliphatic heterocycles. The molecule has 118 valence electrons. The van der Waals surface area contributed by atoms with Gasteiger partial charge in [-0.1, -0.05) is 27.2 Å². The lowest BCUT2D eigenvalue weighted by molar-refractivity contribution is -0.223. The van der Waals surface area contributed by atoms with Gasteiger partial charge in [-0.2, -0.15) is 8.78 Å². The highest BCUT2D eigenvalue weighted by Gasteiger charge is 2.60. The van der Waals surface area contributed by atoms with E-state index in [1.54, 1.807) is 0 Å². The number of aliphatic hydroxyl groups is 1. The Morgan fingerprint density at radius 3 is 2.20 bits per heavy atom. The normalized spacial score (nSPS) is 28.2. The number of carbonyl (C=O) groups excluding carboxylic acids is 1. The van der Waals surface area contributed by atoms with Crippen molar-refractivity contribution < 1.29 is 23.4 Å². The number of rotatable bonds is 5. The van der Waals surface area contributed by atoms with E-state index in [0.717, 1.165) is 6.42 Å². The number of alkyl halides is 2. The summed E-state index contributed by atoms with van der Waals surface area (Å²) in [6, 6.07) is 0. The first-order valence-electron chi connectivity index (χ1n) is 7.38. The van der Waals surface area contributed by atoms with Gasteiger partial charge >= 0.3 is 11.9 Å². The van der Waals surface area contributed by atoms with Crippen LogP contribution in [0, 0.1) is 11.3 Å². The van der Waals surface area contributed by atoms with Crippen LogP contribution in [0.15, 0.2) is 0 Å². The summed E-state index contributed by atoms with van der Waals surface area (Å²) in [5, 5.41) is 10.2. The predicted molar refractivity (Wildman–Crippen MR) is 72.6 cm³/mol. The Kier molecular flexibility index (Phi) is 5.17. The van der Waals surface area contributed by atoms with E-state index in [1.807, 2.05) is 0 Å². The summed E-state index contributed by atoms with van der Waals surface area (Å²) in [4.78, 5) is 11.4. The fourth-order valence-electron chi connectivity index (χ4n) is 2.89. The fraction of sp³-hybridized carbons (Fsp3) is 0.933. The summed E-state index contributed by atoms with van der Waals surface area (Å²) < 4.78 is 32.5. The van der Waals surface area contributed by atoms with Gasteiger partial charge in [0.2, 0.25) is 0 Å². The molecule has 0 heterocycles. The Labute approximate surface area is 119 Å². The molecule has 0 aromatic heterocycles. The second-order valence-corrected chi connectivity index (χ2v) is 6.44. The first-order valence-corrected chi connectivity index (χ1v) is 7.38. The standard InChI is InChI=1S/C15H26F2O3/c1-5-13(3,4)11-7-9-14(19,10-8-11)15(16,17)12(18)20-6-2/h11,19H,5-10H2,1-4H3. The first-order chi connectivity index (χ1) is 9.10. The molecule has 1 N–H and O–H groups in total. The third-order valence-corrected chi connectivity index (χ3v) is 4.95. The lowest BCUT2D eigenvalue weighted by atomic mass is 9.65. The molecule has 0 aromatic carbocycles. The van der Waals surface area contributed by atoms with Crippen LogP contribution < -0.4 is 0 Å². The summed E-state index contributed by atoms with van der Waals surface area (Å²) in [6.07, 6.45) is 1.85. The number of carbonyl (C=O) groups is 1. The summed E-state index contributed by atoms with van der Waals surface area (Å²) in [7, 11) is 0. The van der Waals surface area contributed by atoms with Gasteiger partial charge in [0.25, 0.3) is 0 Å². The summed E-state index contributed by atoms with van der Waals surface area (Å²) in [6.45, 7) is 7.67. The minimum absolute atomic E-state index is 0.0626. The first kappa shape index (κ1) is 17.3. The van der Waals surface area contributed by atoms with Crippen LogP contribution in [-0.4, -0.2) is 29.2 Å². The summed E-state index contributed by atoms with van der Waals surface area (Å²) in [5.41, 5.74) is -2.19. The Morgan fingerprint density at radius 1 is 1.30 bits per heavy atom. The van der Waals surface area contributed by atoms with Gasteiger partial charge in [-0.3, -0.25) is 0 Å². The van der Waals surface area contributed by atoms with Gasteiger partial charge in [-0.05, 0) is 43.9 Å². The molecule has 3 nitrogen and oxygen atoms in total. The average molecular weight is 292 g/mol. The number of esters is 1. The molecule has 1 fully saturated rings. The summed E-state index contributed by atoms with van der Waals surface area (Å²) in [5.74, 6) is -5.15. The molecule has 0 amide bonds. The number of halogens is 2.